The zero-order valence-electron chi connectivity index (χ0n) is 16.7. The zero-order chi connectivity index (χ0) is 21.6. The van der Waals surface area contributed by atoms with Gasteiger partial charge in [0.05, 0.1) is 4.90 Å². The van der Waals surface area contributed by atoms with E-state index in [1.807, 2.05) is 32.0 Å². The number of ether oxygens (including phenoxy) is 2. The molecule has 0 radical (unpaired) electrons. The Bertz CT molecular complexity index is 1020. The van der Waals surface area contributed by atoms with Gasteiger partial charge in [-0.25, -0.2) is 17.9 Å². The average molecular weight is 420 g/mol. The Labute approximate surface area is 170 Å². The molecule has 0 spiro atoms. The van der Waals surface area contributed by atoms with Crippen molar-refractivity contribution in [2.75, 3.05) is 25.6 Å². The minimum atomic E-state index is -3.66. The molecule has 0 aliphatic heterocycles. The van der Waals surface area contributed by atoms with Crippen molar-refractivity contribution in [3.63, 3.8) is 0 Å². The van der Waals surface area contributed by atoms with Crippen molar-refractivity contribution in [3.05, 3.63) is 53.1 Å². The van der Waals surface area contributed by atoms with Crippen molar-refractivity contribution < 1.29 is 27.5 Å². The molecule has 29 heavy (non-hydrogen) atoms. The Balaban J connectivity index is 1.89. The number of carbonyl (C=O) groups excluding carboxylic acids is 2. The number of anilines is 1. The maximum Gasteiger partial charge on any atom is 0.344 e. The number of nitrogens with one attached hydrogen (secondary N) is 2. The van der Waals surface area contributed by atoms with Crippen LogP contribution in [-0.4, -0.2) is 40.6 Å². The van der Waals surface area contributed by atoms with Gasteiger partial charge in [0.2, 0.25) is 10.0 Å². The summed E-state index contributed by atoms with van der Waals surface area (Å²) < 4.78 is 36.6. The first-order chi connectivity index (χ1) is 13.6. The maximum absolute atomic E-state index is 12.0. The Morgan fingerprint density at radius 2 is 1.66 bits per heavy atom. The molecule has 0 saturated carbocycles. The SMILES string of the molecule is CNS(=O)(=O)c1cc(NC(=O)COC(=O)COc2cc(C)ccc2C)ccc1C. The summed E-state index contributed by atoms with van der Waals surface area (Å²) >= 11 is 0. The highest BCUT2D eigenvalue weighted by Crippen LogP contribution is 2.20. The largest absolute Gasteiger partial charge is 0.482 e. The third-order valence-corrected chi connectivity index (χ3v) is 5.64. The highest BCUT2D eigenvalue weighted by atomic mass is 32.2. The van der Waals surface area contributed by atoms with Crippen LogP contribution in [0.2, 0.25) is 0 Å². The van der Waals surface area contributed by atoms with Crippen LogP contribution in [0.4, 0.5) is 5.69 Å². The first kappa shape index (κ1) is 22.4. The van der Waals surface area contributed by atoms with Gasteiger partial charge < -0.3 is 14.8 Å². The molecule has 156 valence electrons. The molecule has 8 nitrogen and oxygen atoms in total. The van der Waals surface area contributed by atoms with Crippen LogP contribution in [0.5, 0.6) is 5.75 Å². The summed E-state index contributed by atoms with van der Waals surface area (Å²) in [6, 6.07) is 10.1. The first-order valence-corrected chi connectivity index (χ1v) is 10.3. The van der Waals surface area contributed by atoms with E-state index in [1.165, 1.54) is 13.1 Å². The molecule has 0 fully saturated rings. The molecule has 2 rings (SSSR count). The topological polar surface area (TPSA) is 111 Å². The third kappa shape index (κ3) is 6.30. The lowest BCUT2D eigenvalue weighted by molar-refractivity contribution is -0.149. The third-order valence-electron chi connectivity index (χ3n) is 4.08. The van der Waals surface area contributed by atoms with E-state index < -0.39 is 28.5 Å². The first-order valence-electron chi connectivity index (χ1n) is 8.82. The predicted octanol–water partition coefficient (Wildman–Crippen LogP) is 2.08. The smallest absolute Gasteiger partial charge is 0.344 e. The van der Waals surface area contributed by atoms with Crippen molar-refractivity contribution in [2.45, 2.75) is 25.7 Å². The number of amides is 1. The van der Waals surface area contributed by atoms with Crippen LogP contribution in [0.25, 0.3) is 0 Å². The minimum absolute atomic E-state index is 0.0525. The van der Waals surface area contributed by atoms with E-state index in [1.54, 1.807) is 19.1 Å². The van der Waals surface area contributed by atoms with Gasteiger partial charge in [0.15, 0.2) is 13.2 Å². The summed E-state index contributed by atoms with van der Waals surface area (Å²) in [6.07, 6.45) is 0. The second-order valence-electron chi connectivity index (χ2n) is 6.45. The Kier molecular flexibility index (Phi) is 7.35. The van der Waals surface area contributed by atoms with Crippen molar-refractivity contribution >= 4 is 27.6 Å². The standard InChI is InChI=1S/C20H24N2O6S/c1-13-5-6-14(2)17(9-13)27-12-20(24)28-11-19(23)22-16-8-7-15(3)18(10-16)29(25,26)21-4/h5-10,21H,11-12H2,1-4H3,(H,22,23). The fourth-order valence-corrected chi connectivity index (χ4v) is 3.46. The Morgan fingerprint density at radius 1 is 0.966 bits per heavy atom. The highest BCUT2D eigenvalue weighted by Gasteiger charge is 2.16. The van der Waals surface area contributed by atoms with Crippen LogP contribution in [0.3, 0.4) is 0 Å². The van der Waals surface area contributed by atoms with Gasteiger partial charge in [-0.1, -0.05) is 18.2 Å². The molecule has 2 aromatic carbocycles. The Hall–Kier alpha value is -2.91. The van der Waals surface area contributed by atoms with Gasteiger partial charge in [0.1, 0.15) is 5.75 Å². The molecule has 2 aromatic rings. The van der Waals surface area contributed by atoms with E-state index in [0.717, 1.165) is 11.1 Å². The van der Waals surface area contributed by atoms with Crippen LogP contribution in [0.15, 0.2) is 41.3 Å². The molecule has 0 atom stereocenters. The van der Waals surface area contributed by atoms with Gasteiger partial charge in [-0.3, -0.25) is 4.79 Å². The molecular formula is C20H24N2O6S. The van der Waals surface area contributed by atoms with Gasteiger partial charge in [-0.05, 0) is 62.7 Å². The Morgan fingerprint density at radius 3 is 2.34 bits per heavy atom. The van der Waals surface area contributed by atoms with Gasteiger partial charge >= 0.3 is 5.97 Å². The predicted molar refractivity (Wildman–Crippen MR) is 108 cm³/mol. The molecule has 1 amide bonds. The summed E-state index contributed by atoms with van der Waals surface area (Å²) in [5.41, 5.74) is 2.69. The molecule has 0 bridgehead atoms. The molecule has 0 aromatic heterocycles. The van der Waals surface area contributed by atoms with E-state index in [0.29, 0.717) is 11.3 Å². The van der Waals surface area contributed by atoms with Crippen molar-refractivity contribution in [1.82, 2.24) is 4.72 Å². The lowest BCUT2D eigenvalue weighted by atomic mass is 10.1. The van der Waals surface area contributed by atoms with Crippen molar-refractivity contribution in [3.8, 4) is 5.75 Å². The molecule has 2 N–H and O–H groups in total. The van der Waals surface area contributed by atoms with Crippen LogP contribution < -0.4 is 14.8 Å². The maximum atomic E-state index is 12.0. The van der Waals surface area contributed by atoms with Crippen LogP contribution in [-0.2, 0) is 24.3 Å². The summed E-state index contributed by atoms with van der Waals surface area (Å²) in [4.78, 5) is 23.9. The second-order valence-corrected chi connectivity index (χ2v) is 8.31. The quantitative estimate of drug-likeness (QED) is 0.633. The normalized spacial score (nSPS) is 11.0. The molecule has 0 saturated heterocycles. The van der Waals surface area contributed by atoms with Crippen molar-refractivity contribution in [2.24, 2.45) is 0 Å². The fourth-order valence-electron chi connectivity index (χ4n) is 2.46. The number of hydrogen-bond acceptors (Lipinski definition) is 6. The van der Waals surface area contributed by atoms with Gasteiger partial charge in [0.25, 0.3) is 5.91 Å². The zero-order valence-corrected chi connectivity index (χ0v) is 17.6. The molecule has 0 aliphatic carbocycles. The number of aryl methyl sites for hydroxylation is 3. The fraction of sp³-hybridized carbons (Fsp3) is 0.300. The molecular weight excluding hydrogens is 396 g/mol. The number of carbonyl (C=O) groups is 2. The lowest BCUT2D eigenvalue weighted by Crippen LogP contribution is -2.24. The van der Waals surface area contributed by atoms with Gasteiger partial charge in [0, 0.05) is 5.69 Å². The van der Waals surface area contributed by atoms with Gasteiger partial charge in [-0.2, -0.15) is 0 Å². The summed E-state index contributed by atoms with van der Waals surface area (Å²) in [6.45, 7) is 4.57. The number of sulfonamides is 1. The van der Waals surface area contributed by atoms with Crippen molar-refractivity contribution in [1.29, 1.82) is 0 Å². The molecule has 0 unspecified atom stereocenters. The average Bonchev–Trinajstić information content (AvgIpc) is 2.68. The van der Waals surface area contributed by atoms with E-state index in [-0.39, 0.29) is 17.2 Å². The summed E-state index contributed by atoms with van der Waals surface area (Å²) in [7, 11) is -2.35. The second kappa shape index (κ2) is 9.53. The molecule has 9 heteroatoms. The highest BCUT2D eigenvalue weighted by molar-refractivity contribution is 7.89. The van der Waals surface area contributed by atoms with E-state index in [9.17, 15) is 18.0 Å². The van der Waals surface area contributed by atoms with Crippen LogP contribution in [0.1, 0.15) is 16.7 Å². The summed E-state index contributed by atoms with van der Waals surface area (Å²) in [5.74, 6) is -0.713. The number of rotatable bonds is 8. The number of hydrogen-bond donors (Lipinski definition) is 2. The van der Waals surface area contributed by atoms with E-state index >= 15 is 0 Å². The molecule has 0 heterocycles. The summed E-state index contributed by atoms with van der Waals surface area (Å²) in [5, 5.41) is 2.50. The minimum Gasteiger partial charge on any atom is -0.482 e. The number of benzene rings is 2. The number of esters is 1. The lowest BCUT2D eigenvalue weighted by Gasteiger charge is -2.11. The van der Waals surface area contributed by atoms with Crippen LogP contribution in [0, 0.1) is 20.8 Å². The van der Waals surface area contributed by atoms with E-state index in [2.05, 4.69) is 10.0 Å². The van der Waals surface area contributed by atoms with Gasteiger partial charge in [-0.15, -0.1) is 0 Å². The monoisotopic (exact) mass is 420 g/mol. The molecule has 0 aliphatic rings. The van der Waals surface area contributed by atoms with Crippen LogP contribution >= 0.6 is 0 Å². The van der Waals surface area contributed by atoms with E-state index in [4.69, 9.17) is 9.47 Å².